The summed E-state index contributed by atoms with van der Waals surface area (Å²) in [4.78, 5) is 25.6. The highest BCUT2D eigenvalue weighted by Crippen LogP contribution is 2.44. The first-order valence-corrected chi connectivity index (χ1v) is 21.2. The van der Waals surface area contributed by atoms with Crippen molar-refractivity contribution in [2.24, 2.45) is 0 Å². The zero-order valence-electron chi connectivity index (χ0n) is 35.0. The number of aliphatic hydroxyl groups is 11. The standard InChI is InChI=1S/C43H58N2O19/c1-17-13-24(31(51)33(53)30(17)50)44-29-18(2)60-42(37(57)32(29)52)63-40-26(15-47)62-43(38(58)35(40)55)64-39-25(14-46)61-41(36(56)34(39)54)45-27(48)11-12-28(49)59-16-23-21-9-5-3-7-19(21)20-8-4-6-10-22(20)23/h3-10,13,18,23-26,29-44,46-47,50-58H,11-12,14-16H2,1-2H3,(H,45,48)/t18?,24-,25?,26?,29+,30+,31?,32-,33-,34+,35+,36?,37?,38?,39+,40+,41?,42+,43+/m1/s1. The van der Waals surface area contributed by atoms with Gasteiger partial charge in [0.25, 0.3) is 0 Å². The molecule has 3 fully saturated rings. The van der Waals surface area contributed by atoms with Gasteiger partial charge in [0, 0.05) is 12.3 Å². The van der Waals surface area contributed by atoms with E-state index in [9.17, 15) is 65.8 Å². The number of nitrogens with one attached hydrogen (secondary N) is 2. The summed E-state index contributed by atoms with van der Waals surface area (Å²) in [5, 5.41) is 123. The van der Waals surface area contributed by atoms with Gasteiger partial charge in [-0.3, -0.25) is 9.59 Å². The maximum atomic E-state index is 12.9. The fraction of sp³-hybridized carbons (Fsp3) is 0.628. The molecule has 19 atom stereocenters. The Morgan fingerprint density at radius 2 is 1.20 bits per heavy atom. The lowest BCUT2D eigenvalue weighted by Crippen LogP contribution is -2.68. The molecule has 1 amide bonds. The van der Waals surface area contributed by atoms with Crippen molar-refractivity contribution >= 4 is 11.9 Å². The van der Waals surface area contributed by atoms with Crippen LogP contribution in [0, 0.1) is 0 Å². The molecule has 7 rings (SSSR count). The molecule has 21 heteroatoms. The van der Waals surface area contributed by atoms with Gasteiger partial charge in [0.15, 0.2) is 18.8 Å². The zero-order valence-corrected chi connectivity index (χ0v) is 35.0. The molecule has 3 aliphatic heterocycles. The predicted molar refractivity (Wildman–Crippen MR) is 216 cm³/mol. The average molecular weight is 907 g/mol. The lowest BCUT2D eigenvalue weighted by molar-refractivity contribution is -0.368. The molecule has 3 saturated heterocycles. The molecule has 2 aromatic rings. The summed E-state index contributed by atoms with van der Waals surface area (Å²) < 4.78 is 34.2. The molecule has 0 radical (unpaired) electrons. The molecule has 0 aromatic heterocycles. The molecule has 2 aromatic carbocycles. The first kappa shape index (κ1) is 48.4. The van der Waals surface area contributed by atoms with Crippen molar-refractivity contribution in [3.05, 3.63) is 71.3 Å². The second-order valence-corrected chi connectivity index (χ2v) is 16.9. The van der Waals surface area contributed by atoms with E-state index in [0.717, 1.165) is 22.3 Å². The van der Waals surface area contributed by atoms with Crippen molar-refractivity contribution in [3.63, 3.8) is 0 Å². The largest absolute Gasteiger partial charge is 0.465 e. The van der Waals surface area contributed by atoms with Gasteiger partial charge in [-0.2, -0.15) is 0 Å². The Labute approximate surface area is 367 Å². The quantitative estimate of drug-likeness (QED) is 0.0630. The Morgan fingerprint density at radius 1 is 0.656 bits per heavy atom. The first-order valence-electron chi connectivity index (χ1n) is 21.2. The average Bonchev–Trinajstić information content (AvgIpc) is 3.61. The lowest BCUT2D eigenvalue weighted by atomic mass is 9.87. The van der Waals surface area contributed by atoms with E-state index in [0.29, 0.717) is 5.57 Å². The second-order valence-electron chi connectivity index (χ2n) is 16.9. The van der Waals surface area contributed by atoms with E-state index in [-0.39, 0.29) is 25.4 Å². The molecular weight excluding hydrogens is 848 g/mol. The van der Waals surface area contributed by atoms with E-state index in [1.807, 2.05) is 48.5 Å². The Kier molecular flexibility index (Phi) is 15.5. The Bertz CT molecular complexity index is 1910. The molecule has 354 valence electrons. The summed E-state index contributed by atoms with van der Waals surface area (Å²) in [6.45, 7) is 1.40. The summed E-state index contributed by atoms with van der Waals surface area (Å²) >= 11 is 0. The minimum Gasteiger partial charge on any atom is -0.465 e. The van der Waals surface area contributed by atoms with Crippen LogP contribution >= 0.6 is 0 Å². The van der Waals surface area contributed by atoms with E-state index in [2.05, 4.69) is 10.6 Å². The van der Waals surface area contributed by atoms with Gasteiger partial charge in [-0.15, -0.1) is 0 Å². The number of ether oxygens (including phenoxy) is 6. The number of carbonyl (C=O) groups is 2. The Hall–Kier alpha value is -3.56. The van der Waals surface area contributed by atoms with Crippen LogP contribution in [0.25, 0.3) is 11.1 Å². The molecule has 0 bridgehead atoms. The predicted octanol–water partition coefficient (Wildman–Crippen LogP) is -4.28. The van der Waals surface area contributed by atoms with Crippen molar-refractivity contribution in [1.82, 2.24) is 10.6 Å². The maximum Gasteiger partial charge on any atom is 0.306 e. The third kappa shape index (κ3) is 9.78. The monoisotopic (exact) mass is 906 g/mol. The van der Waals surface area contributed by atoms with Crippen LogP contribution in [0.1, 0.15) is 43.7 Å². The summed E-state index contributed by atoms with van der Waals surface area (Å²) in [7, 11) is 0. The zero-order chi connectivity index (χ0) is 46.1. The van der Waals surface area contributed by atoms with E-state index < -0.39 is 141 Å². The fourth-order valence-corrected chi connectivity index (χ4v) is 9.04. The molecule has 0 saturated carbocycles. The van der Waals surface area contributed by atoms with Gasteiger partial charge in [0.2, 0.25) is 5.91 Å². The number of amides is 1. The summed E-state index contributed by atoms with van der Waals surface area (Å²) in [5.74, 6) is -1.57. The summed E-state index contributed by atoms with van der Waals surface area (Å²) in [5.41, 5.74) is 4.52. The molecule has 2 aliphatic carbocycles. The SMILES string of the molecule is CC1=C[C@@H](N[C@H]2C(C)O[C@@H](O[C@H]3C(CO)O[C@@H](O[C@H]4C(CO)OC(NC(=O)CCC(=O)OCC5c6ccccc6-c6ccccc65)C(O)[C@@H]4O)C(O)[C@@H]3O)C(O)[C@@H]2O)C(O)[C@H](O)[C@H]1O. The normalized spacial score (nSPS) is 40.0. The van der Waals surface area contributed by atoms with Gasteiger partial charge < -0.3 is 95.2 Å². The molecule has 13 N–H and O–H groups in total. The number of carbonyl (C=O) groups excluding carboxylic acids is 2. The van der Waals surface area contributed by atoms with E-state index in [4.69, 9.17) is 28.4 Å². The van der Waals surface area contributed by atoms with Gasteiger partial charge >= 0.3 is 5.97 Å². The van der Waals surface area contributed by atoms with Crippen molar-refractivity contribution in [2.45, 2.75) is 149 Å². The number of esters is 1. The highest BCUT2D eigenvalue weighted by atomic mass is 16.7. The van der Waals surface area contributed by atoms with E-state index in [1.165, 1.54) is 13.0 Å². The number of aliphatic hydroxyl groups excluding tert-OH is 11. The van der Waals surface area contributed by atoms with Crippen molar-refractivity contribution in [1.29, 1.82) is 0 Å². The highest BCUT2D eigenvalue weighted by Gasteiger charge is 2.54. The van der Waals surface area contributed by atoms with Gasteiger partial charge in [0.1, 0.15) is 86.0 Å². The lowest BCUT2D eigenvalue weighted by Gasteiger charge is -2.49. The molecular formula is C43H58N2O19. The minimum atomic E-state index is -1.99. The molecule has 8 unspecified atom stereocenters. The number of benzene rings is 2. The highest BCUT2D eigenvalue weighted by molar-refractivity contribution is 5.82. The number of hydrogen-bond acceptors (Lipinski definition) is 20. The van der Waals surface area contributed by atoms with Gasteiger partial charge in [-0.25, -0.2) is 0 Å². The van der Waals surface area contributed by atoms with Crippen molar-refractivity contribution in [3.8, 4) is 11.1 Å². The topological polar surface area (TPSA) is 336 Å². The van der Waals surface area contributed by atoms with Crippen molar-refractivity contribution < 1.29 is 94.2 Å². The van der Waals surface area contributed by atoms with Crippen LogP contribution in [0.5, 0.6) is 0 Å². The molecule has 64 heavy (non-hydrogen) atoms. The third-order valence-corrected chi connectivity index (χ3v) is 12.7. The molecule has 3 heterocycles. The van der Waals surface area contributed by atoms with Crippen LogP contribution in [-0.2, 0) is 38.0 Å². The number of hydrogen-bond donors (Lipinski definition) is 13. The maximum absolute atomic E-state index is 12.9. The van der Waals surface area contributed by atoms with Gasteiger partial charge in [-0.1, -0.05) is 54.6 Å². The first-order chi connectivity index (χ1) is 30.5. The third-order valence-electron chi connectivity index (χ3n) is 12.7. The number of rotatable bonds is 14. The van der Waals surface area contributed by atoms with Crippen molar-refractivity contribution in [2.75, 3.05) is 19.8 Å². The Balaban J connectivity index is 0.898. The summed E-state index contributed by atoms with van der Waals surface area (Å²) in [6.07, 6.45) is -26.9. The van der Waals surface area contributed by atoms with E-state index >= 15 is 0 Å². The van der Waals surface area contributed by atoms with Crippen LogP contribution in [0.2, 0.25) is 0 Å². The molecule has 5 aliphatic rings. The smallest absolute Gasteiger partial charge is 0.306 e. The van der Waals surface area contributed by atoms with Gasteiger partial charge in [-0.05, 0) is 41.7 Å². The summed E-state index contributed by atoms with van der Waals surface area (Å²) in [6, 6.07) is 13.6. The van der Waals surface area contributed by atoms with Crippen LogP contribution in [-0.4, -0.2) is 204 Å². The Morgan fingerprint density at radius 3 is 1.81 bits per heavy atom. The fourth-order valence-electron chi connectivity index (χ4n) is 9.04. The number of fused-ring (bicyclic) bond motifs is 3. The van der Waals surface area contributed by atoms with Crippen LogP contribution in [0.4, 0.5) is 0 Å². The van der Waals surface area contributed by atoms with Crippen LogP contribution in [0.3, 0.4) is 0 Å². The van der Waals surface area contributed by atoms with Crippen LogP contribution in [0.15, 0.2) is 60.2 Å². The minimum absolute atomic E-state index is 0.0562. The van der Waals surface area contributed by atoms with Gasteiger partial charge in [0.05, 0.1) is 37.8 Å². The molecule has 21 nitrogen and oxygen atoms in total. The van der Waals surface area contributed by atoms with E-state index in [1.54, 1.807) is 6.92 Å². The molecule has 0 spiro atoms. The second kappa shape index (κ2) is 20.5. The van der Waals surface area contributed by atoms with Crippen LogP contribution < -0.4 is 10.6 Å².